The van der Waals surface area contributed by atoms with Crippen molar-refractivity contribution in [2.75, 3.05) is 5.75 Å². The molecule has 4 rings (SSSR count). The number of fused-ring (bicyclic) bond motifs is 2. The van der Waals surface area contributed by atoms with Crippen molar-refractivity contribution >= 4 is 33.8 Å². The van der Waals surface area contributed by atoms with Crippen LogP contribution in [-0.2, 0) is 6.54 Å². The van der Waals surface area contributed by atoms with Crippen LogP contribution in [0.15, 0.2) is 58.5 Å². The zero-order valence-corrected chi connectivity index (χ0v) is 13.3. The van der Waals surface area contributed by atoms with Gasteiger partial charge in [0.05, 0.1) is 22.1 Å². The summed E-state index contributed by atoms with van der Waals surface area (Å²) in [6.45, 7) is 0.704. The summed E-state index contributed by atoms with van der Waals surface area (Å²) in [5.74, 6) is 0.909. The first kappa shape index (κ1) is 14.1. The normalized spacial score (nSPS) is 11.5. The topological polar surface area (TPSA) is 66.5 Å². The van der Waals surface area contributed by atoms with E-state index in [4.69, 9.17) is 0 Å². The average Bonchev–Trinajstić information content (AvgIpc) is 3.11. The molecule has 2 heterocycles. The predicted octanol–water partition coefficient (Wildman–Crippen LogP) is 3.39. The van der Waals surface area contributed by atoms with Gasteiger partial charge >= 0.3 is 5.69 Å². The number of H-pyrrole nitrogens is 2. The number of para-hydroxylation sites is 4. The van der Waals surface area contributed by atoms with Crippen LogP contribution >= 0.6 is 11.8 Å². The summed E-state index contributed by atoms with van der Waals surface area (Å²) in [5.41, 5.74) is 3.86. The third-order valence-electron chi connectivity index (χ3n) is 3.81. The second kappa shape index (κ2) is 5.96. The minimum absolute atomic E-state index is 0.0417. The highest BCUT2D eigenvalue weighted by Crippen LogP contribution is 2.20. The molecule has 0 aliphatic rings. The highest BCUT2D eigenvalue weighted by atomic mass is 32.2. The monoisotopic (exact) mass is 324 g/mol. The lowest BCUT2D eigenvalue weighted by Gasteiger charge is -2.02. The van der Waals surface area contributed by atoms with E-state index in [2.05, 4.69) is 15.0 Å². The minimum Gasteiger partial charge on any atom is -0.333 e. The van der Waals surface area contributed by atoms with E-state index in [-0.39, 0.29) is 5.69 Å². The summed E-state index contributed by atoms with van der Waals surface area (Å²) < 4.78 is 1.80. The number of aromatic nitrogens is 4. The molecule has 0 fully saturated rings. The van der Waals surface area contributed by atoms with E-state index >= 15 is 0 Å². The zero-order chi connectivity index (χ0) is 15.6. The number of aryl methyl sites for hydroxylation is 1. The number of nitrogens with zero attached hydrogens (tertiary/aromatic N) is 2. The minimum atomic E-state index is -0.0417. The Kier molecular flexibility index (Phi) is 3.67. The maximum Gasteiger partial charge on any atom is 0.326 e. The summed E-state index contributed by atoms with van der Waals surface area (Å²) in [4.78, 5) is 22.7. The van der Waals surface area contributed by atoms with E-state index in [0.717, 1.165) is 39.4 Å². The number of rotatable bonds is 5. The fourth-order valence-corrected chi connectivity index (χ4v) is 3.53. The molecule has 0 saturated carbocycles. The van der Waals surface area contributed by atoms with Gasteiger partial charge in [-0.15, -0.1) is 0 Å². The smallest absolute Gasteiger partial charge is 0.326 e. The molecule has 5 nitrogen and oxygen atoms in total. The lowest BCUT2D eigenvalue weighted by molar-refractivity contribution is 0.679. The molecule has 116 valence electrons. The first-order chi connectivity index (χ1) is 11.3. The Labute approximate surface area is 136 Å². The lowest BCUT2D eigenvalue weighted by Crippen LogP contribution is -2.17. The van der Waals surface area contributed by atoms with Crippen LogP contribution in [-0.4, -0.2) is 25.3 Å². The maximum atomic E-state index is 12.0. The molecule has 0 unspecified atom stereocenters. The Hall–Kier alpha value is -2.47. The zero-order valence-electron chi connectivity index (χ0n) is 12.5. The van der Waals surface area contributed by atoms with Crippen LogP contribution in [0.3, 0.4) is 0 Å². The number of aromatic amines is 2. The highest BCUT2D eigenvalue weighted by Gasteiger charge is 2.06. The van der Waals surface area contributed by atoms with Gasteiger partial charge in [-0.05, 0) is 30.7 Å². The SMILES string of the molecule is O=c1[nH]c2ccccc2n1CCCSc1nc2ccccc2[nH]1. The van der Waals surface area contributed by atoms with Gasteiger partial charge in [0, 0.05) is 12.3 Å². The Bertz CT molecular complexity index is 981. The summed E-state index contributed by atoms with van der Waals surface area (Å²) in [6, 6.07) is 15.8. The Morgan fingerprint density at radius 1 is 1.00 bits per heavy atom. The third kappa shape index (κ3) is 2.77. The first-order valence-electron chi connectivity index (χ1n) is 7.56. The van der Waals surface area contributed by atoms with Crippen molar-refractivity contribution in [3.8, 4) is 0 Å². The van der Waals surface area contributed by atoms with Crippen LogP contribution in [0.4, 0.5) is 0 Å². The summed E-state index contributed by atoms with van der Waals surface area (Å²) in [6.07, 6.45) is 0.906. The highest BCUT2D eigenvalue weighted by molar-refractivity contribution is 7.99. The van der Waals surface area contributed by atoms with Crippen molar-refractivity contribution < 1.29 is 0 Å². The molecule has 0 radical (unpaired) electrons. The van der Waals surface area contributed by atoms with Crippen molar-refractivity contribution in [3.05, 3.63) is 59.0 Å². The lowest BCUT2D eigenvalue weighted by atomic mass is 10.3. The second-order valence-electron chi connectivity index (χ2n) is 5.36. The van der Waals surface area contributed by atoms with E-state index in [1.807, 2.05) is 48.5 Å². The number of nitrogens with one attached hydrogen (secondary N) is 2. The molecular weight excluding hydrogens is 308 g/mol. The number of hydrogen-bond donors (Lipinski definition) is 2. The van der Waals surface area contributed by atoms with E-state index < -0.39 is 0 Å². The molecule has 0 aliphatic heterocycles. The third-order valence-corrected chi connectivity index (χ3v) is 4.77. The molecule has 4 aromatic rings. The van der Waals surface area contributed by atoms with Gasteiger partial charge in [0.25, 0.3) is 0 Å². The Balaban J connectivity index is 1.41. The summed E-state index contributed by atoms with van der Waals surface area (Å²) in [5, 5.41) is 0.928. The van der Waals surface area contributed by atoms with Gasteiger partial charge in [0.2, 0.25) is 0 Å². The van der Waals surface area contributed by atoms with Gasteiger partial charge in [0.15, 0.2) is 5.16 Å². The molecule has 0 spiro atoms. The maximum absolute atomic E-state index is 12.0. The number of hydrogen-bond acceptors (Lipinski definition) is 3. The number of benzene rings is 2. The van der Waals surface area contributed by atoms with Crippen LogP contribution in [0.25, 0.3) is 22.1 Å². The van der Waals surface area contributed by atoms with E-state index in [1.165, 1.54) is 0 Å². The molecule has 2 N–H and O–H groups in total. The molecule has 0 amide bonds. The molecule has 0 saturated heterocycles. The van der Waals surface area contributed by atoms with Crippen molar-refractivity contribution in [1.29, 1.82) is 0 Å². The van der Waals surface area contributed by atoms with Crippen LogP contribution in [0, 0.1) is 0 Å². The molecule has 2 aromatic carbocycles. The molecule has 23 heavy (non-hydrogen) atoms. The van der Waals surface area contributed by atoms with E-state index in [1.54, 1.807) is 16.3 Å². The average molecular weight is 324 g/mol. The Morgan fingerprint density at radius 2 is 1.78 bits per heavy atom. The summed E-state index contributed by atoms with van der Waals surface area (Å²) in [7, 11) is 0. The predicted molar refractivity (Wildman–Crippen MR) is 94.0 cm³/mol. The van der Waals surface area contributed by atoms with Crippen LogP contribution in [0.1, 0.15) is 6.42 Å². The standard InChI is InChI=1S/C17H16N4OS/c22-17-20-14-8-3-4-9-15(14)21(17)10-5-11-23-16-18-12-6-1-2-7-13(12)19-16/h1-4,6-9H,5,10-11H2,(H,18,19)(H,20,22). The van der Waals surface area contributed by atoms with Crippen molar-refractivity contribution in [2.24, 2.45) is 0 Å². The molecular formula is C17H16N4OS. The number of thioether (sulfide) groups is 1. The van der Waals surface area contributed by atoms with Crippen LogP contribution in [0.2, 0.25) is 0 Å². The van der Waals surface area contributed by atoms with E-state index in [9.17, 15) is 4.79 Å². The van der Waals surface area contributed by atoms with Gasteiger partial charge in [-0.3, -0.25) is 4.57 Å². The fourth-order valence-electron chi connectivity index (χ4n) is 2.72. The van der Waals surface area contributed by atoms with Gasteiger partial charge in [0.1, 0.15) is 0 Å². The largest absolute Gasteiger partial charge is 0.333 e. The molecule has 0 aliphatic carbocycles. The first-order valence-corrected chi connectivity index (χ1v) is 8.55. The van der Waals surface area contributed by atoms with Gasteiger partial charge < -0.3 is 9.97 Å². The van der Waals surface area contributed by atoms with Gasteiger partial charge in [-0.1, -0.05) is 36.0 Å². The fraction of sp³-hybridized carbons (Fsp3) is 0.176. The molecule has 2 aromatic heterocycles. The quantitative estimate of drug-likeness (QED) is 0.437. The van der Waals surface area contributed by atoms with Crippen LogP contribution in [0.5, 0.6) is 0 Å². The van der Waals surface area contributed by atoms with Crippen molar-refractivity contribution in [2.45, 2.75) is 18.1 Å². The Morgan fingerprint density at radius 3 is 2.65 bits per heavy atom. The number of imidazole rings is 2. The van der Waals surface area contributed by atoms with Crippen molar-refractivity contribution in [1.82, 2.24) is 19.5 Å². The van der Waals surface area contributed by atoms with Crippen LogP contribution < -0.4 is 5.69 Å². The second-order valence-corrected chi connectivity index (χ2v) is 6.44. The van der Waals surface area contributed by atoms with Gasteiger partial charge in [-0.2, -0.15) is 0 Å². The molecule has 6 heteroatoms. The van der Waals surface area contributed by atoms with Crippen molar-refractivity contribution in [3.63, 3.8) is 0 Å². The summed E-state index contributed by atoms with van der Waals surface area (Å²) >= 11 is 1.69. The van der Waals surface area contributed by atoms with E-state index in [0.29, 0.717) is 6.54 Å². The molecule has 0 atom stereocenters. The molecule has 0 bridgehead atoms. The van der Waals surface area contributed by atoms with Gasteiger partial charge in [-0.25, -0.2) is 9.78 Å².